The first-order chi connectivity index (χ1) is 8.00. The second-order valence-electron chi connectivity index (χ2n) is 3.74. The normalized spacial score (nSPS) is 10.5. The van der Waals surface area contributed by atoms with Gasteiger partial charge in [0.1, 0.15) is 11.4 Å². The van der Waals surface area contributed by atoms with Gasteiger partial charge in [-0.25, -0.2) is 13.9 Å². The number of rotatable bonds is 2. The number of hydrogen-bond donors (Lipinski definition) is 1. The Balaban J connectivity index is 2.57. The molecule has 0 atom stereocenters. The van der Waals surface area contributed by atoms with Gasteiger partial charge in [-0.1, -0.05) is 0 Å². The smallest absolute Gasteiger partial charge is 0.339 e. The third-order valence-electron chi connectivity index (χ3n) is 2.58. The number of hydrogen-bond acceptors (Lipinski definition) is 2. The van der Waals surface area contributed by atoms with Gasteiger partial charge in [0.2, 0.25) is 0 Å². The molecule has 17 heavy (non-hydrogen) atoms. The number of aromatic nitrogens is 2. The van der Waals surface area contributed by atoms with Crippen LogP contribution in [0.2, 0.25) is 0 Å². The summed E-state index contributed by atoms with van der Waals surface area (Å²) in [6, 6.07) is 5.74. The van der Waals surface area contributed by atoms with Crippen LogP contribution in [0, 0.1) is 19.7 Å². The molecule has 0 fully saturated rings. The van der Waals surface area contributed by atoms with Crippen molar-refractivity contribution in [1.29, 1.82) is 0 Å². The Labute approximate surface area is 97.3 Å². The predicted octanol–water partition coefficient (Wildman–Crippen LogP) is 2.33. The maximum Gasteiger partial charge on any atom is 0.339 e. The topological polar surface area (TPSA) is 55.1 Å². The monoisotopic (exact) mass is 234 g/mol. The van der Waals surface area contributed by atoms with E-state index < -0.39 is 5.97 Å². The van der Waals surface area contributed by atoms with Crippen LogP contribution in [0.3, 0.4) is 0 Å². The van der Waals surface area contributed by atoms with E-state index in [4.69, 9.17) is 5.11 Å². The maximum atomic E-state index is 12.8. The first kappa shape index (κ1) is 11.3. The summed E-state index contributed by atoms with van der Waals surface area (Å²) in [4.78, 5) is 11.0. The molecule has 2 aromatic rings. The highest BCUT2D eigenvalue weighted by Crippen LogP contribution is 2.18. The molecule has 0 unspecified atom stereocenters. The summed E-state index contributed by atoms with van der Waals surface area (Å²) in [7, 11) is 0. The quantitative estimate of drug-likeness (QED) is 0.867. The van der Waals surface area contributed by atoms with Gasteiger partial charge in [0.15, 0.2) is 0 Å². The van der Waals surface area contributed by atoms with E-state index in [9.17, 15) is 9.18 Å². The largest absolute Gasteiger partial charge is 0.478 e. The number of carbonyl (C=O) groups is 1. The van der Waals surface area contributed by atoms with Crippen LogP contribution in [-0.2, 0) is 0 Å². The number of nitrogens with zero attached hydrogens (tertiary/aromatic N) is 2. The molecule has 0 amide bonds. The average molecular weight is 234 g/mol. The molecule has 0 bridgehead atoms. The van der Waals surface area contributed by atoms with Crippen molar-refractivity contribution < 1.29 is 14.3 Å². The van der Waals surface area contributed by atoms with E-state index in [0.717, 1.165) is 0 Å². The molecular weight excluding hydrogens is 223 g/mol. The van der Waals surface area contributed by atoms with E-state index in [2.05, 4.69) is 5.10 Å². The molecule has 0 aliphatic rings. The second kappa shape index (κ2) is 4.01. The van der Waals surface area contributed by atoms with E-state index >= 15 is 0 Å². The van der Waals surface area contributed by atoms with E-state index in [-0.39, 0.29) is 11.4 Å². The molecule has 0 aliphatic carbocycles. The highest BCUT2D eigenvalue weighted by atomic mass is 19.1. The van der Waals surface area contributed by atoms with Crippen molar-refractivity contribution in [1.82, 2.24) is 9.78 Å². The van der Waals surface area contributed by atoms with Crippen molar-refractivity contribution in [3.05, 3.63) is 47.0 Å². The van der Waals surface area contributed by atoms with Gasteiger partial charge in [-0.2, -0.15) is 5.10 Å². The lowest BCUT2D eigenvalue weighted by Crippen LogP contribution is -2.02. The number of halogens is 1. The van der Waals surface area contributed by atoms with Crippen molar-refractivity contribution >= 4 is 5.97 Å². The van der Waals surface area contributed by atoms with E-state index in [1.165, 1.54) is 16.8 Å². The van der Waals surface area contributed by atoms with Gasteiger partial charge in [-0.05, 0) is 38.1 Å². The summed E-state index contributed by atoms with van der Waals surface area (Å²) in [6.07, 6.45) is 0. The molecule has 88 valence electrons. The van der Waals surface area contributed by atoms with E-state index in [1.807, 2.05) is 0 Å². The standard InChI is InChI=1S/C12H11FN2O2/c1-7-11(12(16)17)8(2)15(14-7)10-5-3-9(13)4-6-10/h3-6H,1-2H3,(H,16,17). The van der Waals surface area contributed by atoms with Crippen molar-refractivity contribution in [3.8, 4) is 5.69 Å². The first-order valence-electron chi connectivity index (χ1n) is 5.06. The lowest BCUT2D eigenvalue weighted by Gasteiger charge is -2.03. The van der Waals surface area contributed by atoms with E-state index in [1.54, 1.807) is 26.0 Å². The fourth-order valence-electron chi connectivity index (χ4n) is 1.79. The summed E-state index contributed by atoms with van der Waals surface area (Å²) < 4.78 is 14.3. The van der Waals surface area contributed by atoms with Crippen molar-refractivity contribution in [2.24, 2.45) is 0 Å². The molecule has 1 N–H and O–H groups in total. The Bertz CT molecular complexity index is 573. The van der Waals surface area contributed by atoms with Crippen molar-refractivity contribution in [2.75, 3.05) is 0 Å². The van der Waals surface area contributed by atoms with Gasteiger partial charge in [-0.3, -0.25) is 0 Å². The highest BCUT2D eigenvalue weighted by Gasteiger charge is 2.18. The van der Waals surface area contributed by atoms with Gasteiger partial charge in [-0.15, -0.1) is 0 Å². The Hall–Kier alpha value is -2.17. The first-order valence-corrected chi connectivity index (χ1v) is 5.06. The Morgan fingerprint density at radius 2 is 1.88 bits per heavy atom. The lowest BCUT2D eigenvalue weighted by atomic mass is 10.2. The zero-order chi connectivity index (χ0) is 12.6. The molecule has 1 heterocycles. The van der Waals surface area contributed by atoms with Crippen LogP contribution < -0.4 is 0 Å². The summed E-state index contributed by atoms with van der Waals surface area (Å²) in [5, 5.41) is 13.2. The molecule has 0 aliphatic heterocycles. The second-order valence-corrected chi connectivity index (χ2v) is 3.74. The molecule has 1 aromatic carbocycles. The van der Waals surface area contributed by atoms with Crippen LogP contribution in [0.1, 0.15) is 21.7 Å². The molecule has 0 spiro atoms. The molecule has 5 heteroatoms. The van der Waals surface area contributed by atoms with Crippen molar-refractivity contribution in [2.45, 2.75) is 13.8 Å². The zero-order valence-corrected chi connectivity index (χ0v) is 9.44. The van der Waals surface area contributed by atoms with Gasteiger partial charge >= 0.3 is 5.97 Å². The lowest BCUT2D eigenvalue weighted by molar-refractivity contribution is 0.0695. The van der Waals surface area contributed by atoms with Crippen LogP contribution in [0.15, 0.2) is 24.3 Å². The predicted molar refractivity (Wildman–Crippen MR) is 60.0 cm³/mol. The van der Waals surface area contributed by atoms with Gasteiger partial charge in [0.05, 0.1) is 17.1 Å². The van der Waals surface area contributed by atoms with Gasteiger partial charge < -0.3 is 5.11 Å². The van der Waals surface area contributed by atoms with Crippen LogP contribution in [0.4, 0.5) is 4.39 Å². The van der Waals surface area contributed by atoms with E-state index in [0.29, 0.717) is 17.1 Å². The Morgan fingerprint density at radius 1 is 1.29 bits per heavy atom. The molecule has 0 saturated heterocycles. The van der Waals surface area contributed by atoms with Crippen LogP contribution in [-0.4, -0.2) is 20.9 Å². The summed E-state index contributed by atoms with van der Waals surface area (Å²) >= 11 is 0. The third kappa shape index (κ3) is 1.91. The number of benzene rings is 1. The minimum Gasteiger partial charge on any atom is -0.478 e. The SMILES string of the molecule is Cc1nn(-c2ccc(F)cc2)c(C)c1C(=O)O. The number of aromatic carboxylic acids is 1. The summed E-state index contributed by atoms with van der Waals surface area (Å²) in [6.45, 7) is 3.31. The summed E-state index contributed by atoms with van der Waals surface area (Å²) in [5.74, 6) is -1.35. The Kier molecular flexibility index (Phi) is 2.67. The Morgan fingerprint density at radius 3 is 2.35 bits per heavy atom. The number of aryl methyl sites for hydroxylation is 1. The zero-order valence-electron chi connectivity index (χ0n) is 9.44. The molecule has 2 rings (SSSR count). The molecule has 0 radical (unpaired) electrons. The van der Waals surface area contributed by atoms with Crippen molar-refractivity contribution in [3.63, 3.8) is 0 Å². The van der Waals surface area contributed by atoms with Crippen LogP contribution in [0.5, 0.6) is 0 Å². The third-order valence-corrected chi connectivity index (χ3v) is 2.58. The minimum atomic E-state index is -1.01. The molecule has 0 saturated carbocycles. The van der Waals surface area contributed by atoms with Gasteiger partial charge in [0, 0.05) is 0 Å². The van der Waals surface area contributed by atoms with Crippen LogP contribution >= 0.6 is 0 Å². The fraction of sp³-hybridized carbons (Fsp3) is 0.167. The number of carboxylic acid groups (broad SMARTS) is 1. The molecule has 4 nitrogen and oxygen atoms in total. The number of carboxylic acids is 1. The fourth-order valence-corrected chi connectivity index (χ4v) is 1.79. The van der Waals surface area contributed by atoms with Crippen LogP contribution in [0.25, 0.3) is 5.69 Å². The molecular formula is C12H11FN2O2. The average Bonchev–Trinajstić information content (AvgIpc) is 2.55. The minimum absolute atomic E-state index is 0.189. The maximum absolute atomic E-state index is 12.8. The van der Waals surface area contributed by atoms with Gasteiger partial charge in [0.25, 0.3) is 0 Å². The summed E-state index contributed by atoms with van der Waals surface area (Å²) in [5.41, 5.74) is 1.80. The highest BCUT2D eigenvalue weighted by molar-refractivity contribution is 5.90. The molecule has 1 aromatic heterocycles.